The van der Waals surface area contributed by atoms with Crippen LogP contribution >= 0.6 is 15.9 Å². The van der Waals surface area contributed by atoms with Gasteiger partial charge in [0.05, 0.1) is 12.3 Å². The van der Waals surface area contributed by atoms with Crippen LogP contribution in [0.2, 0.25) is 0 Å². The van der Waals surface area contributed by atoms with Crippen molar-refractivity contribution >= 4 is 21.8 Å². The lowest BCUT2D eigenvalue weighted by molar-refractivity contribution is 0.0912. The van der Waals surface area contributed by atoms with Gasteiger partial charge in [-0.05, 0) is 36.8 Å². The summed E-state index contributed by atoms with van der Waals surface area (Å²) < 4.78 is 6.03. The summed E-state index contributed by atoms with van der Waals surface area (Å²) in [5.41, 5.74) is 1.04. The van der Waals surface area contributed by atoms with Crippen LogP contribution in [0.1, 0.15) is 29.1 Å². The number of carbonyl (C=O) groups is 1. The van der Waals surface area contributed by atoms with E-state index >= 15 is 0 Å². The van der Waals surface area contributed by atoms with Crippen LogP contribution in [0.25, 0.3) is 0 Å². The van der Waals surface area contributed by atoms with E-state index in [1.165, 1.54) is 6.26 Å². The first-order valence-corrected chi connectivity index (χ1v) is 6.06. The molecule has 0 saturated heterocycles. The van der Waals surface area contributed by atoms with Gasteiger partial charge in [0.15, 0.2) is 5.76 Å². The lowest BCUT2D eigenvalue weighted by Gasteiger charge is -2.13. The minimum Gasteiger partial charge on any atom is -0.459 e. The predicted molar refractivity (Wildman–Crippen MR) is 68.7 cm³/mol. The number of amides is 1. The van der Waals surface area contributed by atoms with E-state index in [1.54, 1.807) is 12.1 Å². The zero-order chi connectivity index (χ0) is 12.3. The summed E-state index contributed by atoms with van der Waals surface area (Å²) in [5.74, 6) is 0.120. The molecule has 2 rings (SSSR count). The van der Waals surface area contributed by atoms with Gasteiger partial charge in [0.1, 0.15) is 0 Å². The molecule has 1 aromatic heterocycles. The molecule has 1 heterocycles. The Hall–Kier alpha value is -1.55. The fraction of sp³-hybridized carbons (Fsp3) is 0.154. The molecular formula is C13H12BrNO2. The van der Waals surface area contributed by atoms with Crippen molar-refractivity contribution in [2.24, 2.45) is 0 Å². The number of furan rings is 1. The number of nitrogens with one attached hydrogen (secondary N) is 1. The van der Waals surface area contributed by atoms with Crippen molar-refractivity contribution in [3.8, 4) is 0 Å². The molecule has 0 radical (unpaired) electrons. The van der Waals surface area contributed by atoms with Gasteiger partial charge in [0.25, 0.3) is 5.91 Å². The van der Waals surface area contributed by atoms with Crippen molar-refractivity contribution in [3.05, 3.63) is 58.5 Å². The van der Waals surface area contributed by atoms with E-state index in [4.69, 9.17) is 4.42 Å². The summed E-state index contributed by atoms with van der Waals surface area (Å²) in [6.07, 6.45) is 1.48. The number of halogens is 1. The summed E-state index contributed by atoms with van der Waals surface area (Å²) in [6.45, 7) is 1.93. The normalized spacial score (nSPS) is 12.1. The molecule has 0 saturated carbocycles. The zero-order valence-electron chi connectivity index (χ0n) is 9.31. The minimum atomic E-state index is -0.206. The molecule has 1 N–H and O–H groups in total. The number of hydrogen-bond donors (Lipinski definition) is 1. The molecule has 3 nitrogen and oxygen atoms in total. The molecule has 17 heavy (non-hydrogen) atoms. The molecule has 4 heteroatoms. The first-order chi connectivity index (χ1) is 8.16. The van der Waals surface area contributed by atoms with E-state index in [2.05, 4.69) is 21.2 Å². The van der Waals surface area contributed by atoms with Gasteiger partial charge in [0.2, 0.25) is 0 Å². The topological polar surface area (TPSA) is 42.2 Å². The molecule has 0 fully saturated rings. The van der Waals surface area contributed by atoms with E-state index in [1.807, 2.05) is 31.2 Å². The van der Waals surface area contributed by atoms with Crippen LogP contribution in [-0.2, 0) is 0 Å². The van der Waals surface area contributed by atoms with Gasteiger partial charge >= 0.3 is 0 Å². The van der Waals surface area contributed by atoms with Crippen LogP contribution in [0.5, 0.6) is 0 Å². The van der Waals surface area contributed by atoms with Crippen LogP contribution in [0, 0.1) is 0 Å². The lowest BCUT2D eigenvalue weighted by atomic mass is 10.1. The summed E-state index contributed by atoms with van der Waals surface area (Å²) in [5, 5.41) is 2.87. The molecule has 88 valence electrons. The first kappa shape index (κ1) is 11.9. The molecule has 2 aromatic rings. The second kappa shape index (κ2) is 5.19. The van der Waals surface area contributed by atoms with Crippen molar-refractivity contribution in [1.82, 2.24) is 5.32 Å². The molecule has 1 atom stereocenters. The maximum atomic E-state index is 11.8. The SMILES string of the molecule is C[C@@H](NC(=O)c1ccco1)c1cccc(Br)c1. The quantitative estimate of drug-likeness (QED) is 0.941. The first-order valence-electron chi connectivity index (χ1n) is 5.26. The largest absolute Gasteiger partial charge is 0.459 e. The fourth-order valence-corrected chi connectivity index (χ4v) is 1.95. The van der Waals surface area contributed by atoms with Crippen molar-refractivity contribution < 1.29 is 9.21 Å². The van der Waals surface area contributed by atoms with Gasteiger partial charge in [-0.15, -0.1) is 0 Å². The fourth-order valence-electron chi connectivity index (χ4n) is 1.53. The molecule has 0 bridgehead atoms. The Balaban J connectivity index is 2.07. The summed E-state index contributed by atoms with van der Waals surface area (Å²) >= 11 is 3.40. The monoisotopic (exact) mass is 293 g/mol. The lowest BCUT2D eigenvalue weighted by Crippen LogP contribution is -2.26. The summed E-state index contributed by atoms with van der Waals surface area (Å²) in [7, 11) is 0. The molecule has 0 unspecified atom stereocenters. The third-order valence-electron chi connectivity index (χ3n) is 2.44. The molecule has 1 aromatic carbocycles. The Labute approximate surface area is 108 Å². The van der Waals surface area contributed by atoms with E-state index in [9.17, 15) is 4.79 Å². The Morgan fingerprint density at radius 3 is 2.82 bits per heavy atom. The maximum absolute atomic E-state index is 11.8. The number of benzene rings is 1. The van der Waals surface area contributed by atoms with Gasteiger partial charge in [-0.1, -0.05) is 28.1 Å². The van der Waals surface area contributed by atoms with Crippen molar-refractivity contribution in [2.45, 2.75) is 13.0 Å². The standard InChI is InChI=1S/C13H12BrNO2/c1-9(10-4-2-5-11(14)8-10)15-13(16)12-6-3-7-17-12/h2-9H,1H3,(H,15,16)/t9-/m1/s1. The van der Waals surface area contributed by atoms with Gasteiger partial charge in [-0.3, -0.25) is 4.79 Å². The zero-order valence-corrected chi connectivity index (χ0v) is 10.9. The van der Waals surface area contributed by atoms with Crippen LogP contribution in [0.4, 0.5) is 0 Å². The maximum Gasteiger partial charge on any atom is 0.287 e. The molecule has 0 aliphatic heterocycles. The highest BCUT2D eigenvalue weighted by molar-refractivity contribution is 9.10. The number of rotatable bonds is 3. The molecule has 0 spiro atoms. The van der Waals surface area contributed by atoms with Crippen molar-refractivity contribution in [1.29, 1.82) is 0 Å². The highest BCUT2D eigenvalue weighted by Gasteiger charge is 2.13. The average molecular weight is 294 g/mol. The minimum absolute atomic E-state index is 0.0647. The summed E-state index contributed by atoms with van der Waals surface area (Å²) in [6, 6.07) is 11.1. The van der Waals surface area contributed by atoms with Gasteiger partial charge < -0.3 is 9.73 Å². The molecule has 0 aliphatic rings. The Morgan fingerprint density at radius 2 is 2.18 bits per heavy atom. The van der Waals surface area contributed by atoms with Crippen LogP contribution in [-0.4, -0.2) is 5.91 Å². The third-order valence-corrected chi connectivity index (χ3v) is 2.93. The van der Waals surface area contributed by atoms with E-state index in [0.717, 1.165) is 10.0 Å². The highest BCUT2D eigenvalue weighted by atomic mass is 79.9. The van der Waals surface area contributed by atoms with Gasteiger partial charge in [-0.25, -0.2) is 0 Å². The molecular weight excluding hydrogens is 282 g/mol. The Bertz CT molecular complexity index is 508. The van der Waals surface area contributed by atoms with Crippen LogP contribution in [0.15, 0.2) is 51.6 Å². The van der Waals surface area contributed by atoms with E-state index in [0.29, 0.717) is 5.76 Å². The second-order valence-electron chi connectivity index (χ2n) is 3.73. The third kappa shape index (κ3) is 2.97. The number of hydrogen-bond acceptors (Lipinski definition) is 2. The van der Waals surface area contributed by atoms with Crippen molar-refractivity contribution in [2.75, 3.05) is 0 Å². The second-order valence-corrected chi connectivity index (χ2v) is 4.64. The Morgan fingerprint density at radius 1 is 1.35 bits per heavy atom. The summed E-state index contributed by atoms with van der Waals surface area (Å²) in [4.78, 5) is 11.8. The van der Waals surface area contributed by atoms with Crippen molar-refractivity contribution in [3.63, 3.8) is 0 Å². The smallest absolute Gasteiger partial charge is 0.287 e. The van der Waals surface area contributed by atoms with E-state index in [-0.39, 0.29) is 11.9 Å². The van der Waals surface area contributed by atoms with Gasteiger partial charge in [-0.2, -0.15) is 0 Å². The molecule has 0 aliphatic carbocycles. The average Bonchev–Trinajstić information content (AvgIpc) is 2.82. The van der Waals surface area contributed by atoms with Crippen LogP contribution in [0.3, 0.4) is 0 Å². The number of carbonyl (C=O) groups excluding carboxylic acids is 1. The highest BCUT2D eigenvalue weighted by Crippen LogP contribution is 2.18. The molecule has 1 amide bonds. The Kier molecular flexibility index (Phi) is 3.64. The van der Waals surface area contributed by atoms with Gasteiger partial charge in [0, 0.05) is 4.47 Å². The van der Waals surface area contributed by atoms with Crippen LogP contribution < -0.4 is 5.32 Å². The van der Waals surface area contributed by atoms with E-state index < -0.39 is 0 Å². The predicted octanol–water partition coefficient (Wildman–Crippen LogP) is 3.53.